The van der Waals surface area contributed by atoms with Gasteiger partial charge in [0.05, 0.1) is 29.6 Å². The first-order chi connectivity index (χ1) is 12.5. The maximum absolute atomic E-state index is 12.7. The number of esters is 1. The van der Waals surface area contributed by atoms with Gasteiger partial charge >= 0.3 is 5.97 Å². The molecule has 7 nitrogen and oxygen atoms in total. The summed E-state index contributed by atoms with van der Waals surface area (Å²) in [6.07, 6.45) is 2.66. The first-order valence-corrected chi connectivity index (χ1v) is 8.42. The van der Waals surface area contributed by atoms with Crippen LogP contribution in [-0.4, -0.2) is 42.4 Å². The Morgan fingerprint density at radius 3 is 2.81 bits per heavy atom. The SMILES string of the molecule is COC(=O)c1ccc(Cl)c(NC(=O)C2CCCN2C(=O)c2ccco2)c1. The normalized spacial score (nSPS) is 16.4. The molecule has 2 heterocycles. The molecule has 2 aromatic rings. The van der Waals surface area contributed by atoms with E-state index in [-0.39, 0.29) is 33.8 Å². The zero-order valence-electron chi connectivity index (χ0n) is 14.0. The van der Waals surface area contributed by atoms with Crippen molar-refractivity contribution < 1.29 is 23.5 Å². The van der Waals surface area contributed by atoms with Gasteiger partial charge in [-0.05, 0) is 43.2 Å². The molecule has 26 heavy (non-hydrogen) atoms. The lowest BCUT2D eigenvalue weighted by atomic mass is 10.1. The van der Waals surface area contributed by atoms with Gasteiger partial charge in [-0.1, -0.05) is 11.6 Å². The quantitative estimate of drug-likeness (QED) is 0.829. The standard InChI is InChI=1S/C18H17ClN2O5/c1-25-18(24)11-6-7-12(19)13(10-11)20-16(22)14-4-2-8-21(14)17(23)15-5-3-9-26-15/h3,5-7,9-10,14H,2,4,8H2,1H3,(H,20,22). The molecule has 8 heteroatoms. The van der Waals surface area contributed by atoms with Gasteiger partial charge in [-0.15, -0.1) is 0 Å². The van der Waals surface area contributed by atoms with Gasteiger partial charge in [0, 0.05) is 6.54 Å². The van der Waals surface area contributed by atoms with Crippen LogP contribution >= 0.6 is 11.6 Å². The van der Waals surface area contributed by atoms with Crippen molar-refractivity contribution in [2.24, 2.45) is 0 Å². The number of hydrogen-bond acceptors (Lipinski definition) is 5. The molecule has 0 spiro atoms. The second kappa shape index (κ2) is 7.61. The van der Waals surface area contributed by atoms with E-state index in [0.29, 0.717) is 19.4 Å². The number of nitrogens with zero attached hydrogens (tertiary/aromatic N) is 1. The molecule has 136 valence electrons. The smallest absolute Gasteiger partial charge is 0.337 e. The summed E-state index contributed by atoms with van der Waals surface area (Å²) in [6, 6.07) is 7.00. The lowest BCUT2D eigenvalue weighted by Crippen LogP contribution is -2.43. The first-order valence-electron chi connectivity index (χ1n) is 8.04. The van der Waals surface area contributed by atoms with Crippen molar-refractivity contribution in [1.82, 2.24) is 4.90 Å². The van der Waals surface area contributed by atoms with Crippen LogP contribution in [0.15, 0.2) is 41.0 Å². The minimum absolute atomic E-state index is 0.190. The van der Waals surface area contributed by atoms with E-state index < -0.39 is 12.0 Å². The summed E-state index contributed by atoms with van der Waals surface area (Å²) in [5.41, 5.74) is 0.555. The molecular formula is C18H17ClN2O5. The number of nitrogens with one attached hydrogen (secondary N) is 1. The van der Waals surface area contributed by atoms with Crippen molar-refractivity contribution in [3.05, 3.63) is 52.9 Å². The number of anilines is 1. The average Bonchev–Trinajstić information content (AvgIpc) is 3.34. The predicted molar refractivity (Wildman–Crippen MR) is 94.2 cm³/mol. The van der Waals surface area contributed by atoms with Crippen LogP contribution < -0.4 is 5.32 Å². The molecule has 1 fully saturated rings. The molecule has 1 aromatic heterocycles. The highest BCUT2D eigenvalue weighted by atomic mass is 35.5. The van der Waals surface area contributed by atoms with E-state index >= 15 is 0 Å². The number of furan rings is 1. The Hall–Kier alpha value is -2.80. The highest BCUT2D eigenvalue weighted by Crippen LogP contribution is 2.26. The number of amides is 2. The Bertz CT molecular complexity index is 834. The van der Waals surface area contributed by atoms with Crippen molar-refractivity contribution in [1.29, 1.82) is 0 Å². The second-order valence-electron chi connectivity index (χ2n) is 5.81. The third-order valence-corrected chi connectivity index (χ3v) is 4.52. The Balaban J connectivity index is 1.77. The van der Waals surface area contributed by atoms with E-state index in [4.69, 9.17) is 16.0 Å². The van der Waals surface area contributed by atoms with Crippen molar-refractivity contribution in [2.75, 3.05) is 19.0 Å². The number of likely N-dealkylation sites (tertiary alicyclic amines) is 1. The molecule has 1 N–H and O–H groups in total. The molecule has 1 unspecified atom stereocenters. The summed E-state index contributed by atoms with van der Waals surface area (Å²) in [4.78, 5) is 38.3. The second-order valence-corrected chi connectivity index (χ2v) is 6.22. The van der Waals surface area contributed by atoms with E-state index in [2.05, 4.69) is 10.1 Å². The van der Waals surface area contributed by atoms with Gasteiger partial charge in [-0.25, -0.2) is 4.79 Å². The number of benzene rings is 1. The fourth-order valence-corrected chi connectivity index (χ4v) is 3.07. The van der Waals surface area contributed by atoms with E-state index in [9.17, 15) is 14.4 Å². The number of carbonyl (C=O) groups is 3. The number of ether oxygens (including phenoxy) is 1. The highest BCUT2D eigenvalue weighted by molar-refractivity contribution is 6.34. The van der Waals surface area contributed by atoms with Gasteiger partial charge in [0.25, 0.3) is 5.91 Å². The van der Waals surface area contributed by atoms with Crippen LogP contribution in [0.5, 0.6) is 0 Å². The molecule has 0 radical (unpaired) electrons. The van der Waals surface area contributed by atoms with Gasteiger partial charge in [0.15, 0.2) is 5.76 Å². The topological polar surface area (TPSA) is 88.9 Å². The summed E-state index contributed by atoms with van der Waals surface area (Å²) in [7, 11) is 1.27. The fraction of sp³-hybridized carbons (Fsp3) is 0.278. The Kier molecular flexibility index (Phi) is 5.27. The van der Waals surface area contributed by atoms with Crippen molar-refractivity contribution in [2.45, 2.75) is 18.9 Å². The largest absolute Gasteiger partial charge is 0.465 e. The lowest BCUT2D eigenvalue weighted by Gasteiger charge is -2.23. The molecule has 2 amide bonds. The van der Waals surface area contributed by atoms with E-state index in [0.717, 1.165) is 0 Å². The van der Waals surface area contributed by atoms with E-state index in [1.54, 1.807) is 12.1 Å². The highest BCUT2D eigenvalue weighted by Gasteiger charge is 2.35. The van der Waals surface area contributed by atoms with Crippen LogP contribution in [0.25, 0.3) is 0 Å². The van der Waals surface area contributed by atoms with Gasteiger partial charge in [-0.2, -0.15) is 0 Å². The summed E-state index contributed by atoms with van der Waals surface area (Å²) in [6.45, 7) is 0.466. The Morgan fingerprint density at radius 2 is 2.12 bits per heavy atom. The monoisotopic (exact) mass is 376 g/mol. The zero-order chi connectivity index (χ0) is 18.7. The molecule has 1 aromatic carbocycles. The van der Waals surface area contributed by atoms with Crippen molar-refractivity contribution in [3.8, 4) is 0 Å². The predicted octanol–water partition coefficient (Wildman–Crippen LogP) is 2.96. The minimum Gasteiger partial charge on any atom is -0.465 e. The number of carbonyl (C=O) groups excluding carboxylic acids is 3. The third-order valence-electron chi connectivity index (χ3n) is 4.19. The van der Waals surface area contributed by atoms with Crippen LogP contribution in [0.4, 0.5) is 5.69 Å². The fourth-order valence-electron chi connectivity index (χ4n) is 2.91. The zero-order valence-corrected chi connectivity index (χ0v) is 14.8. The van der Waals surface area contributed by atoms with Crippen molar-refractivity contribution in [3.63, 3.8) is 0 Å². The lowest BCUT2D eigenvalue weighted by molar-refractivity contribution is -0.119. The number of rotatable bonds is 4. The van der Waals surface area contributed by atoms with Gasteiger partial charge < -0.3 is 19.4 Å². The molecule has 0 bridgehead atoms. The maximum Gasteiger partial charge on any atom is 0.337 e. The molecule has 0 saturated carbocycles. The maximum atomic E-state index is 12.7. The molecule has 1 atom stereocenters. The average molecular weight is 377 g/mol. The van der Waals surface area contributed by atoms with Crippen molar-refractivity contribution >= 4 is 35.1 Å². The Labute approximate surface area is 154 Å². The molecular weight excluding hydrogens is 360 g/mol. The van der Waals surface area contributed by atoms with Gasteiger partial charge in [0.1, 0.15) is 6.04 Å². The molecule has 1 saturated heterocycles. The number of hydrogen-bond donors (Lipinski definition) is 1. The summed E-state index contributed by atoms with van der Waals surface area (Å²) in [5, 5.41) is 2.98. The van der Waals surface area contributed by atoms with E-state index in [1.807, 2.05) is 0 Å². The number of halogens is 1. The minimum atomic E-state index is -0.634. The number of methoxy groups -OCH3 is 1. The first kappa shape index (κ1) is 18.0. The molecule has 1 aliphatic rings. The summed E-state index contributed by atoms with van der Waals surface area (Å²) < 4.78 is 9.80. The third kappa shape index (κ3) is 3.57. The van der Waals surface area contributed by atoms with Gasteiger partial charge in [0.2, 0.25) is 5.91 Å². The molecule has 1 aliphatic heterocycles. The van der Waals surface area contributed by atoms with Gasteiger partial charge in [-0.3, -0.25) is 9.59 Å². The summed E-state index contributed by atoms with van der Waals surface area (Å²) >= 11 is 6.11. The summed E-state index contributed by atoms with van der Waals surface area (Å²) in [5.74, 6) is -1.04. The van der Waals surface area contributed by atoms with Crippen LogP contribution in [0.1, 0.15) is 33.8 Å². The Morgan fingerprint density at radius 1 is 1.31 bits per heavy atom. The van der Waals surface area contributed by atoms with Crippen LogP contribution in [0, 0.1) is 0 Å². The van der Waals surface area contributed by atoms with Crippen LogP contribution in [0.2, 0.25) is 5.02 Å². The van der Waals surface area contributed by atoms with Crippen LogP contribution in [0.3, 0.4) is 0 Å². The molecule has 0 aliphatic carbocycles. The van der Waals surface area contributed by atoms with E-state index in [1.165, 1.54) is 36.5 Å². The molecule has 3 rings (SSSR count). The van der Waals surface area contributed by atoms with Crippen LogP contribution in [-0.2, 0) is 9.53 Å².